The summed E-state index contributed by atoms with van der Waals surface area (Å²) >= 11 is 0. The SMILES string of the molecule is Cc1ccc(OCc2ccc(C(=O)Nc3ccc(CN4CCCCC4)cc3)o2)c([N+](=O)[O-])c1. The van der Waals surface area contributed by atoms with E-state index in [4.69, 9.17) is 9.15 Å². The van der Waals surface area contributed by atoms with Crippen LogP contribution < -0.4 is 10.1 Å². The van der Waals surface area contributed by atoms with Gasteiger partial charge in [0, 0.05) is 18.3 Å². The topological polar surface area (TPSA) is 97.8 Å². The predicted molar refractivity (Wildman–Crippen MR) is 124 cm³/mol. The number of carbonyl (C=O) groups is 1. The van der Waals surface area contributed by atoms with Crippen LogP contribution in [0.4, 0.5) is 11.4 Å². The second kappa shape index (κ2) is 10.3. The Labute approximate surface area is 192 Å². The van der Waals surface area contributed by atoms with Crippen LogP contribution in [0, 0.1) is 17.0 Å². The third kappa shape index (κ3) is 5.98. The number of nitrogens with one attached hydrogen (secondary N) is 1. The van der Waals surface area contributed by atoms with Crippen molar-refractivity contribution in [3.05, 3.63) is 87.4 Å². The van der Waals surface area contributed by atoms with Crippen LogP contribution in [0.15, 0.2) is 59.0 Å². The number of aryl methyl sites for hydroxylation is 1. The standard InChI is InChI=1S/C25H27N3O5/c1-18-5-11-23(22(15-18)28(30)31)32-17-21-10-12-24(33-21)25(29)26-20-8-6-19(7-9-20)16-27-13-3-2-4-14-27/h5-12,15H,2-4,13-14,16-17H2,1H3,(H,26,29). The van der Waals surface area contributed by atoms with E-state index in [0.29, 0.717) is 11.4 Å². The number of piperidine rings is 1. The van der Waals surface area contributed by atoms with Gasteiger partial charge in [-0.25, -0.2) is 0 Å². The zero-order chi connectivity index (χ0) is 23.2. The molecule has 0 saturated carbocycles. The molecule has 2 heterocycles. The van der Waals surface area contributed by atoms with Crippen LogP contribution in [0.25, 0.3) is 0 Å². The maximum atomic E-state index is 12.5. The van der Waals surface area contributed by atoms with Crippen LogP contribution in [-0.4, -0.2) is 28.8 Å². The van der Waals surface area contributed by atoms with E-state index in [-0.39, 0.29) is 29.7 Å². The van der Waals surface area contributed by atoms with Crippen molar-refractivity contribution in [2.45, 2.75) is 39.3 Å². The molecule has 8 heteroatoms. The first-order chi connectivity index (χ1) is 16.0. The van der Waals surface area contributed by atoms with Gasteiger partial charge < -0.3 is 14.5 Å². The van der Waals surface area contributed by atoms with Crippen LogP contribution >= 0.6 is 0 Å². The Hall–Kier alpha value is -3.65. The van der Waals surface area contributed by atoms with Crippen molar-refractivity contribution >= 4 is 17.3 Å². The highest BCUT2D eigenvalue weighted by Crippen LogP contribution is 2.28. The minimum Gasteiger partial charge on any atom is -0.479 e. The van der Waals surface area contributed by atoms with Gasteiger partial charge in [0.15, 0.2) is 11.5 Å². The van der Waals surface area contributed by atoms with Crippen molar-refractivity contribution in [1.82, 2.24) is 4.90 Å². The van der Waals surface area contributed by atoms with Crippen LogP contribution in [0.1, 0.15) is 46.7 Å². The maximum absolute atomic E-state index is 12.5. The summed E-state index contributed by atoms with van der Waals surface area (Å²) in [6.07, 6.45) is 3.83. The second-order valence-corrected chi connectivity index (χ2v) is 8.27. The maximum Gasteiger partial charge on any atom is 0.311 e. The molecule has 1 aromatic heterocycles. The third-order valence-electron chi connectivity index (χ3n) is 5.63. The molecule has 3 aromatic rings. The molecule has 0 atom stereocenters. The first kappa shape index (κ1) is 22.5. The smallest absolute Gasteiger partial charge is 0.311 e. The Morgan fingerprint density at radius 2 is 1.85 bits per heavy atom. The van der Waals surface area contributed by atoms with Crippen molar-refractivity contribution in [3.8, 4) is 5.75 Å². The van der Waals surface area contributed by atoms with Gasteiger partial charge in [0.1, 0.15) is 12.4 Å². The number of hydrogen-bond acceptors (Lipinski definition) is 6. The summed E-state index contributed by atoms with van der Waals surface area (Å²) in [6.45, 7) is 4.95. The number of furan rings is 1. The number of likely N-dealkylation sites (tertiary alicyclic amines) is 1. The summed E-state index contributed by atoms with van der Waals surface area (Å²) < 4.78 is 11.1. The van der Waals surface area contributed by atoms with Gasteiger partial charge >= 0.3 is 5.69 Å². The van der Waals surface area contributed by atoms with Crippen molar-refractivity contribution in [2.24, 2.45) is 0 Å². The van der Waals surface area contributed by atoms with E-state index in [1.165, 1.54) is 30.9 Å². The quantitative estimate of drug-likeness (QED) is 0.369. The van der Waals surface area contributed by atoms with Crippen LogP contribution in [0.3, 0.4) is 0 Å². The molecule has 0 aliphatic carbocycles. The molecule has 0 bridgehead atoms. The zero-order valence-corrected chi connectivity index (χ0v) is 18.6. The number of anilines is 1. The van der Waals surface area contributed by atoms with Gasteiger partial charge in [-0.05, 0) is 74.3 Å². The van der Waals surface area contributed by atoms with E-state index in [1.54, 1.807) is 31.2 Å². The minimum atomic E-state index is -0.485. The number of amides is 1. The first-order valence-electron chi connectivity index (χ1n) is 11.1. The molecule has 4 rings (SSSR count). The fourth-order valence-electron chi connectivity index (χ4n) is 3.88. The monoisotopic (exact) mass is 449 g/mol. The fourth-order valence-corrected chi connectivity index (χ4v) is 3.88. The van der Waals surface area contributed by atoms with E-state index >= 15 is 0 Å². The summed E-state index contributed by atoms with van der Waals surface area (Å²) in [5, 5.41) is 14.0. The molecule has 1 amide bonds. The van der Waals surface area contributed by atoms with Crippen molar-refractivity contribution < 1.29 is 18.9 Å². The second-order valence-electron chi connectivity index (χ2n) is 8.27. The summed E-state index contributed by atoms with van der Waals surface area (Å²) in [4.78, 5) is 25.7. The Bertz CT molecular complexity index is 1120. The lowest BCUT2D eigenvalue weighted by molar-refractivity contribution is -0.386. The number of ether oxygens (including phenoxy) is 1. The molecule has 0 spiro atoms. The lowest BCUT2D eigenvalue weighted by Gasteiger charge is -2.26. The molecular formula is C25H27N3O5. The predicted octanol–water partition coefficient (Wildman–Crippen LogP) is 5.31. The van der Waals surface area contributed by atoms with Crippen LogP contribution in [-0.2, 0) is 13.2 Å². The third-order valence-corrected chi connectivity index (χ3v) is 5.63. The normalized spacial score (nSPS) is 14.1. The van der Waals surface area contributed by atoms with E-state index < -0.39 is 4.92 Å². The van der Waals surface area contributed by atoms with Gasteiger partial charge in [0.05, 0.1) is 4.92 Å². The highest BCUT2D eigenvalue weighted by atomic mass is 16.6. The Morgan fingerprint density at radius 1 is 1.09 bits per heavy atom. The Kier molecular flexibility index (Phi) is 7.04. The van der Waals surface area contributed by atoms with Gasteiger partial charge in [-0.1, -0.05) is 24.6 Å². The van der Waals surface area contributed by atoms with E-state index in [1.807, 2.05) is 24.3 Å². The fraction of sp³-hybridized carbons (Fsp3) is 0.320. The highest BCUT2D eigenvalue weighted by Gasteiger charge is 2.17. The number of nitro groups is 1. The number of nitrogens with zero attached hydrogens (tertiary/aromatic N) is 2. The largest absolute Gasteiger partial charge is 0.479 e. The highest BCUT2D eigenvalue weighted by molar-refractivity contribution is 6.02. The molecule has 1 fully saturated rings. The minimum absolute atomic E-state index is 0.0254. The van der Waals surface area contributed by atoms with Crippen molar-refractivity contribution in [3.63, 3.8) is 0 Å². The lowest BCUT2D eigenvalue weighted by Crippen LogP contribution is -2.29. The number of benzene rings is 2. The van der Waals surface area contributed by atoms with Crippen molar-refractivity contribution in [2.75, 3.05) is 18.4 Å². The Morgan fingerprint density at radius 3 is 2.58 bits per heavy atom. The summed E-state index contributed by atoms with van der Waals surface area (Å²) in [5.41, 5.74) is 2.57. The first-order valence-corrected chi connectivity index (χ1v) is 11.1. The summed E-state index contributed by atoms with van der Waals surface area (Å²) in [5.74, 6) is 0.320. The van der Waals surface area contributed by atoms with Crippen LogP contribution in [0.5, 0.6) is 5.75 Å². The van der Waals surface area contributed by atoms with Gasteiger partial charge in [-0.3, -0.25) is 19.8 Å². The molecule has 0 radical (unpaired) electrons. The Balaban J connectivity index is 1.32. The zero-order valence-electron chi connectivity index (χ0n) is 18.6. The average molecular weight is 450 g/mol. The number of carbonyl (C=O) groups excluding carboxylic acids is 1. The molecule has 1 N–H and O–H groups in total. The molecular weight excluding hydrogens is 422 g/mol. The number of nitro benzene ring substituents is 1. The molecule has 0 unspecified atom stereocenters. The molecule has 1 aliphatic rings. The van der Waals surface area contributed by atoms with Gasteiger partial charge in [0.2, 0.25) is 0 Å². The molecule has 1 aliphatic heterocycles. The molecule has 8 nitrogen and oxygen atoms in total. The summed E-state index contributed by atoms with van der Waals surface area (Å²) in [7, 11) is 0. The molecule has 1 saturated heterocycles. The van der Waals surface area contributed by atoms with Gasteiger partial charge in [0.25, 0.3) is 5.91 Å². The van der Waals surface area contributed by atoms with Crippen LogP contribution in [0.2, 0.25) is 0 Å². The van der Waals surface area contributed by atoms with E-state index in [0.717, 1.165) is 25.2 Å². The average Bonchev–Trinajstić information content (AvgIpc) is 3.29. The summed E-state index contributed by atoms with van der Waals surface area (Å²) in [6, 6.07) is 15.8. The number of hydrogen-bond donors (Lipinski definition) is 1. The van der Waals surface area contributed by atoms with Crippen molar-refractivity contribution in [1.29, 1.82) is 0 Å². The molecule has 33 heavy (non-hydrogen) atoms. The number of rotatable bonds is 8. The van der Waals surface area contributed by atoms with Gasteiger partial charge in [-0.2, -0.15) is 0 Å². The van der Waals surface area contributed by atoms with E-state index in [9.17, 15) is 14.9 Å². The van der Waals surface area contributed by atoms with E-state index in [2.05, 4.69) is 10.2 Å². The van der Waals surface area contributed by atoms with Gasteiger partial charge in [-0.15, -0.1) is 0 Å². The lowest BCUT2D eigenvalue weighted by atomic mass is 10.1. The molecule has 172 valence electrons. The molecule has 2 aromatic carbocycles.